The normalized spacial score (nSPS) is 13.9. The fraction of sp³-hybridized carbons (Fsp3) is 0.571. The molecule has 0 aliphatic rings. The zero-order valence-electron chi connectivity index (χ0n) is 6.41. The van der Waals surface area contributed by atoms with Crippen molar-refractivity contribution in [2.45, 2.75) is 20.0 Å². The number of aromatic nitrogens is 1. The molecule has 0 aliphatic heterocycles. The topological polar surface area (TPSA) is 33.1 Å². The van der Waals surface area contributed by atoms with E-state index in [1.165, 1.54) is 0 Å². The van der Waals surface area contributed by atoms with E-state index in [1.807, 2.05) is 13.8 Å². The maximum Gasteiger partial charge on any atom is 0.122 e. The van der Waals surface area contributed by atoms with Crippen LogP contribution >= 0.6 is 33.9 Å². The van der Waals surface area contributed by atoms with Crippen LogP contribution in [-0.2, 0) is 0 Å². The number of hydrogen-bond donors (Lipinski definition) is 1. The highest BCUT2D eigenvalue weighted by molar-refractivity contribution is 14.1. The van der Waals surface area contributed by atoms with Gasteiger partial charge in [0.2, 0.25) is 0 Å². The molecule has 1 rings (SSSR count). The minimum atomic E-state index is -0.400. The van der Waals surface area contributed by atoms with Gasteiger partial charge in [-0.15, -0.1) is 11.3 Å². The maximum absolute atomic E-state index is 9.56. The molecule has 1 unspecified atom stereocenters. The Balaban J connectivity index is 2.76. The van der Waals surface area contributed by atoms with Crippen LogP contribution in [0.3, 0.4) is 0 Å². The van der Waals surface area contributed by atoms with Crippen molar-refractivity contribution < 1.29 is 5.11 Å². The first-order valence-corrected chi connectivity index (χ1v) is 5.30. The molecule has 0 bridgehead atoms. The summed E-state index contributed by atoms with van der Waals surface area (Å²) in [5, 5.41) is 10.4. The number of hydrogen-bond acceptors (Lipinski definition) is 3. The molecule has 2 nitrogen and oxygen atoms in total. The Bertz CT molecular complexity index is 236. The van der Waals surface area contributed by atoms with Crippen molar-refractivity contribution in [1.82, 2.24) is 4.98 Å². The Morgan fingerprint density at radius 2 is 2.27 bits per heavy atom. The molecule has 1 heterocycles. The number of aliphatic hydroxyl groups is 1. The van der Waals surface area contributed by atoms with Crippen LogP contribution in [0.15, 0.2) is 6.20 Å². The molecule has 4 heteroatoms. The van der Waals surface area contributed by atoms with Crippen molar-refractivity contribution in [2.75, 3.05) is 0 Å². The summed E-state index contributed by atoms with van der Waals surface area (Å²) in [5.41, 5.74) is 0. The smallest absolute Gasteiger partial charge is 0.122 e. The van der Waals surface area contributed by atoms with Crippen LogP contribution in [0.25, 0.3) is 0 Å². The van der Waals surface area contributed by atoms with E-state index in [0.29, 0.717) is 0 Å². The van der Waals surface area contributed by atoms with Gasteiger partial charge in [0.05, 0.1) is 9.08 Å². The fourth-order valence-electron chi connectivity index (χ4n) is 0.689. The lowest BCUT2D eigenvalue weighted by Gasteiger charge is -2.09. The largest absolute Gasteiger partial charge is 0.386 e. The highest BCUT2D eigenvalue weighted by Gasteiger charge is 2.14. The van der Waals surface area contributed by atoms with E-state index in [0.717, 1.165) is 7.89 Å². The second-order valence-electron chi connectivity index (χ2n) is 2.69. The number of nitrogens with zero attached hydrogens (tertiary/aromatic N) is 1. The van der Waals surface area contributed by atoms with Gasteiger partial charge in [-0.25, -0.2) is 4.98 Å². The summed E-state index contributed by atoms with van der Waals surface area (Å²) in [6.45, 7) is 3.97. The molecule has 62 valence electrons. The van der Waals surface area contributed by atoms with Crippen LogP contribution < -0.4 is 0 Å². The van der Waals surface area contributed by atoms with Crippen LogP contribution in [0, 0.1) is 8.80 Å². The minimum Gasteiger partial charge on any atom is -0.386 e. The molecular weight excluding hydrogens is 273 g/mol. The standard InChI is InChI=1S/C7H10INOS/c1-4(2)6(10)7-9-3-5(8)11-7/h3-4,6,10H,1-2H3. The first kappa shape index (κ1) is 9.41. The Morgan fingerprint density at radius 3 is 2.64 bits per heavy atom. The molecule has 0 amide bonds. The van der Waals surface area contributed by atoms with E-state index in [-0.39, 0.29) is 5.92 Å². The van der Waals surface area contributed by atoms with Gasteiger partial charge in [0.25, 0.3) is 0 Å². The lowest BCUT2D eigenvalue weighted by Crippen LogP contribution is -2.04. The Kier molecular flexibility index (Phi) is 3.27. The summed E-state index contributed by atoms with van der Waals surface area (Å²) < 4.78 is 1.12. The van der Waals surface area contributed by atoms with Gasteiger partial charge in [-0.2, -0.15) is 0 Å². The molecular formula is C7H10INOS. The number of halogens is 1. The Morgan fingerprint density at radius 1 is 1.64 bits per heavy atom. The van der Waals surface area contributed by atoms with Gasteiger partial charge in [-0.1, -0.05) is 13.8 Å². The van der Waals surface area contributed by atoms with Crippen molar-refractivity contribution in [2.24, 2.45) is 5.92 Å². The third-order valence-electron chi connectivity index (χ3n) is 1.38. The van der Waals surface area contributed by atoms with Crippen molar-refractivity contribution in [1.29, 1.82) is 0 Å². The number of rotatable bonds is 2. The van der Waals surface area contributed by atoms with Crippen LogP contribution in [-0.4, -0.2) is 10.1 Å². The van der Waals surface area contributed by atoms with Gasteiger partial charge in [0, 0.05) is 0 Å². The Hall–Kier alpha value is 0.320. The van der Waals surface area contributed by atoms with Gasteiger partial charge < -0.3 is 5.11 Å². The summed E-state index contributed by atoms with van der Waals surface area (Å²) in [7, 11) is 0. The highest BCUT2D eigenvalue weighted by Crippen LogP contribution is 2.26. The van der Waals surface area contributed by atoms with Gasteiger partial charge in [-0.3, -0.25) is 0 Å². The molecule has 0 saturated heterocycles. The van der Waals surface area contributed by atoms with Crippen LogP contribution in [0.1, 0.15) is 25.0 Å². The van der Waals surface area contributed by atoms with E-state index in [9.17, 15) is 5.11 Å². The SMILES string of the molecule is CC(C)C(O)c1ncc(I)s1. The predicted molar refractivity (Wildman–Crippen MR) is 54.6 cm³/mol. The van der Waals surface area contributed by atoms with Crippen molar-refractivity contribution in [3.05, 3.63) is 14.1 Å². The fourth-order valence-corrected chi connectivity index (χ4v) is 2.31. The highest BCUT2D eigenvalue weighted by atomic mass is 127. The summed E-state index contributed by atoms with van der Waals surface area (Å²) >= 11 is 3.75. The zero-order valence-corrected chi connectivity index (χ0v) is 9.39. The second kappa shape index (κ2) is 3.82. The van der Waals surface area contributed by atoms with E-state index in [2.05, 4.69) is 27.6 Å². The Labute approximate surface area is 83.8 Å². The predicted octanol–water partition coefficient (Wildman–Crippen LogP) is 2.44. The van der Waals surface area contributed by atoms with Crippen molar-refractivity contribution in [3.8, 4) is 0 Å². The molecule has 0 fully saturated rings. The monoisotopic (exact) mass is 283 g/mol. The lowest BCUT2D eigenvalue weighted by molar-refractivity contribution is 0.126. The van der Waals surface area contributed by atoms with Gasteiger partial charge in [0.1, 0.15) is 11.1 Å². The number of thiazole rings is 1. The molecule has 0 aliphatic carbocycles. The summed E-state index contributed by atoms with van der Waals surface area (Å²) in [4.78, 5) is 4.10. The molecule has 0 spiro atoms. The second-order valence-corrected chi connectivity index (χ2v) is 5.65. The van der Waals surface area contributed by atoms with Gasteiger partial charge in [-0.05, 0) is 28.5 Å². The summed E-state index contributed by atoms with van der Waals surface area (Å²) in [5.74, 6) is 0.247. The van der Waals surface area contributed by atoms with E-state index in [1.54, 1.807) is 17.5 Å². The molecule has 1 aromatic heterocycles. The third kappa shape index (κ3) is 2.38. The van der Waals surface area contributed by atoms with Crippen LogP contribution in [0.2, 0.25) is 0 Å². The number of aliphatic hydroxyl groups excluding tert-OH is 1. The maximum atomic E-state index is 9.56. The van der Waals surface area contributed by atoms with E-state index >= 15 is 0 Å². The quantitative estimate of drug-likeness (QED) is 0.846. The first-order valence-electron chi connectivity index (χ1n) is 3.40. The van der Waals surface area contributed by atoms with Gasteiger partial charge >= 0.3 is 0 Å². The van der Waals surface area contributed by atoms with Gasteiger partial charge in [0.15, 0.2) is 0 Å². The summed E-state index contributed by atoms with van der Waals surface area (Å²) in [6.07, 6.45) is 1.38. The van der Waals surface area contributed by atoms with Crippen LogP contribution in [0.4, 0.5) is 0 Å². The molecule has 1 N–H and O–H groups in total. The molecule has 0 aromatic carbocycles. The van der Waals surface area contributed by atoms with Crippen molar-refractivity contribution in [3.63, 3.8) is 0 Å². The molecule has 0 saturated carbocycles. The van der Waals surface area contributed by atoms with E-state index < -0.39 is 6.10 Å². The minimum absolute atomic E-state index is 0.247. The molecule has 1 aromatic rings. The lowest BCUT2D eigenvalue weighted by atomic mass is 10.1. The average molecular weight is 283 g/mol. The average Bonchev–Trinajstić information content (AvgIpc) is 2.34. The zero-order chi connectivity index (χ0) is 8.43. The van der Waals surface area contributed by atoms with Crippen molar-refractivity contribution >= 4 is 33.9 Å². The van der Waals surface area contributed by atoms with Crippen LogP contribution in [0.5, 0.6) is 0 Å². The van der Waals surface area contributed by atoms with E-state index in [4.69, 9.17) is 0 Å². The third-order valence-corrected chi connectivity index (χ3v) is 3.18. The summed E-state index contributed by atoms with van der Waals surface area (Å²) in [6, 6.07) is 0. The molecule has 0 radical (unpaired) electrons. The first-order chi connectivity index (χ1) is 5.11. The molecule has 11 heavy (non-hydrogen) atoms. The molecule has 1 atom stereocenters.